The molecule has 0 fully saturated rings. The lowest BCUT2D eigenvalue weighted by Gasteiger charge is -2.22. The van der Waals surface area contributed by atoms with Crippen molar-refractivity contribution in [3.63, 3.8) is 0 Å². The maximum absolute atomic E-state index is 11.4. The van der Waals surface area contributed by atoms with Crippen LogP contribution in [0.4, 0.5) is 4.79 Å². The highest BCUT2D eigenvalue weighted by Gasteiger charge is 2.23. The summed E-state index contributed by atoms with van der Waals surface area (Å²) >= 11 is 0. The van der Waals surface area contributed by atoms with Crippen LogP contribution in [0.5, 0.6) is 0 Å². The lowest BCUT2D eigenvalue weighted by atomic mass is 10.2. The monoisotopic (exact) mass is 217 g/mol. The number of nitrogens with one attached hydrogen (secondary N) is 1. The van der Waals surface area contributed by atoms with Crippen molar-refractivity contribution < 1.29 is 19.1 Å². The van der Waals surface area contributed by atoms with Crippen LogP contribution in [0, 0.1) is 0 Å². The van der Waals surface area contributed by atoms with E-state index in [2.05, 4.69) is 10.1 Å². The van der Waals surface area contributed by atoms with Gasteiger partial charge in [-0.15, -0.1) is 0 Å². The molecule has 0 saturated heterocycles. The topological polar surface area (TPSA) is 64.6 Å². The highest BCUT2D eigenvalue weighted by molar-refractivity contribution is 5.81. The van der Waals surface area contributed by atoms with E-state index < -0.39 is 23.7 Å². The highest BCUT2D eigenvalue weighted by atomic mass is 16.6. The summed E-state index contributed by atoms with van der Waals surface area (Å²) in [5.41, 5.74) is -0.554. The number of rotatable bonds is 3. The Bertz CT molecular complexity index is 232. The zero-order valence-electron chi connectivity index (χ0n) is 9.92. The predicted octanol–water partition coefficient (Wildman–Crippen LogP) is 1.46. The molecular formula is C10H19NO4. The van der Waals surface area contributed by atoms with Crippen molar-refractivity contribution in [3.05, 3.63) is 0 Å². The zero-order valence-corrected chi connectivity index (χ0v) is 9.92. The van der Waals surface area contributed by atoms with Crippen LogP contribution >= 0.6 is 0 Å². The SMILES string of the molecule is CCOC(=O)N[C@@H](C)C(=O)OC(C)(C)C. The van der Waals surface area contributed by atoms with Crippen LogP contribution in [0.1, 0.15) is 34.6 Å². The lowest BCUT2D eigenvalue weighted by molar-refractivity contribution is -0.156. The van der Waals surface area contributed by atoms with Crippen LogP contribution in [0.15, 0.2) is 0 Å². The first-order chi connectivity index (χ1) is 6.76. The molecule has 0 rings (SSSR count). The van der Waals surface area contributed by atoms with Gasteiger partial charge >= 0.3 is 12.1 Å². The standard InChI is InChI=1S/C10H19NO4/c1-6-14-9(13)11-7(2)8(12)15-10(3,4)5/h7H,6H2,1-5H3,(H,11,13)/t7-/m0/s1. The lowest BCUT2D eigenvalue weighted by Crippen LogP contribution is -2.42. The number of hydrogen-bond donors (Lipinski definition) is 1. The Hall–Kier alpha value is -1.26. The molecule has 0 spiro atoms. The van der Waals surface area contributed by atoms with E-state index in [9.17, 15) is 9.59 Å². The first-order valence-corrected chi connectivity index (χ1v) is 4.92. The third-order valence-electron chi connectivity index (χ3n) is 1.37. The summed E-state index contributed by atoms with van der Waals surface area (Å²) in [4.78, 5) is 22.4. The summed E-state index contributed by atoms with van der Waals surface area (Å²) in [6.45, 7) is 8.81. The van der Waals surface area contributed by atoms with Gasteiger partial charge in [-0.3, -0.25) is 0 Å². The Kier molecular flexibility index (Phi) is 5.11. The van der Waals surface area contributed by atoms with Gasteiger partial charge in [-0.05, 0) is 34.6 Å². The van der Waals surface area contributed by atoms with Crippen LogP contribution in [-0.4, -0.2) is 30.3 Å². The molecule has 0 bridgehead atoms. The molecule has 0 aliphatic heterocycles. The van der Waals surface area contributed by atoms with E-state index in [0.717, 1.165) is 0 Å². The van der Waals surface area contributed by atoms with E-state index in [1.807, 2.05) is 0 Å². The van der Waals surface area contributed by atoms with Crippen molar-refractivity contribution in [2.75, 3.05) is 6.61 Å². The van der Waals surface area contributed by atoms with Crippen LogP contribution in [0.25, 0.3) is 0 Å². The van der Waals surface area contributed by atoms with Gasteiger partial charge in [0.05, 0.1) is 6.61 Å². The molecule has 5 nitrogen and oxygen atoms in total. The van der Waals surface area contributed by atoms with Gasteiger partial charge < -0.3 is 14.8 Å². The molecule has 0 aliphatic rings. The van der Waals surface area contributed by atoms with Gasteiger partial charge in [0.1, 0.15) is 11.6 Å². The minimum Gasteiger partial charge on any atom is -0.458 e. The van der Waals surface area contributed by atoms with Gasteiger partial charge in [-0.1, -0.05) is 0 Å². The number of amides is 1. The second-order valence-electron chi connectivity index (χ2n) is 4.12. The van der Waals surface area contributed by atoms with Gasteiger partial charge in [-0.25, -0.2) is 9.59 Å². The van der Waals surface area contributed by atoms with Crippen molar-refractivity contribution >= 4 is 12.1 Å². The largest absolute Gasteiger partial charge is 0.458 e. The van der Waals surface area contributed by atoms with Crippen LogP contribution in [0.2, 0.25) is 0 Å². The molecule has 15 heavy (non-hydrogen) atoms. The predicted molar refractivity (Wildman–Crippen MR) is 55.5 cm³/mol. The van der Waals surface area contributed by atoms with E-state index in [0.29, 0.717) is 0 Å². The fourth-order valence-electron chi connectivity index (χ4n) is 0.799. The highest BCUT2D eigenvalue weighted by Crippen LogP contribution is 2.08. The Morgan fingerprint density at radius 3 is 2.27 bits per heavy atom. The first-order valence-electron chi connectivity index (χ1n) is 4.92. The van der Waals surface area contributed by atoms with Gasteiger partial charge in [0.25, 0.3) is 0 Å². The molecule has 0 aromatic heterocycles. The van der Waals surface area contributed by atoms with Crippen LogP contribution < -0.4 is 5.32 Å². The van der Waals surface area contributed by atoms with Crippen molar-refractivity contribution in [1.82, 2.24) is 5.32 Å². The molecule has 5 heteroatoms. The van der Waals surface area contributed by atoms with E-state index in [1.165, 1.54) is 0 Å². The number of carbonyl (C=O) groups excluding carboxylic acids is 2. The Balaban J connectivity index is 4.05. The van der Waals surface area contributed by atoms with E-state index in [-0.39, 0.29) is 6.61 Å². The Morgan fingerprint density at radius 2 is 1.87 bits per heavy atom. The minimum atomic E-state index is -0.705. The van der Waals surface area contributed by atoms with E-state index in [1.54, 1.807) is 34.6 Å². The summed E-state index contributed by atoms with van der Waals surface area (Å²) in [6.07, 6.45) is -0.615. The summed E-state index contributed by atoms with van der Waals surface area (Å²) < 4.78 is 9.70. The molecular weight excluding hydrogens is 198 g/mol. The normalized spacial score (nSPS) is 12.9. The molecule has 0 aromatic carbocycles. The molecule has 1 atom stereocenters. The molecule has 0 heterocycles. The fraction of sp³-hybridized carbons (Fsp3) is 0.800. The summed E-state index contributed by atoms with van der Waals surface area (Å²) in [7, 11) is 0. The number of alkyl carbamates (subject to hydrolysis) is 1. The van der Waals surface area contributed by atoms with Gasteiger partial charge in [0.2, 0.25) is 0 Å². The minimum absolute atomic E-state index is 0.271. The van der Waals surface area contributed by atoms with Gasteiger partial charge in [0, 0.05) is 0 Å². The maximum atomic E-state index is 11.4. The number of esters is 1. The second-order valence-corrected chi connectivity index (χ2v) is 4.12. The van der Waals surface area contributed by atoms with Crippen molar-refractivity contribution in [1.29, 1.82) is 0 Å². The van der Waals surface area contributed by atoms with Crippen molar-refractivity contribution in [3.8, 4) is 0 Å². The quantitative estimate of drug-likeness (QED) is 0.727. The molecule has 0 aromatic rings. The smallest absolute Gasteiger partial charge is 0.407 e. The average Bonchev–Trinajstić information content (AvgIpc) is 2.00. The third-order valence-corrected chi connectivity index (χ3v) is 1.37. The van der Waals surface area contributed by atoms with Gasteiger partial charge in [0.15, 0.2) is 0 Å². The molecule has 0 aliphatic carbocycles. The fourth-order valence-corrected chi connectivity index (χ4v) is 0.799. The van der Waals surface area contributed by atoms with Crippen molar-refractivity contribution in [2.24, 2.45) is 0 Å². The first kappa shape index (κ1) is 13.7. The average molecular weight is 217 g/mol. The second kappa shape index (κ2) is 5.58. The number of hydrogen-bond acceptors (Lipinski definition) is 4. The molecule has 1 amide bonds. The zero-order chi connectivity index (χ0) is 12.1. The van der Waals surface area contributed by atoms with Crippen LogP contribution in [0.3, 0.4) is 0 Å². The summed E-state index contributed by atoms with van der Waals surface area (Å²) in [6, 6.07) is -0.705. The van der Waals surface area contributed by atoms with E-state index >= 15 is 0 Å². The Labute approximate surface area is 90.1 Å². The van der Waals surface area contributed by atoms with E-state index in [4.69, 9.17) is 4.74 Å². The molecule has 0 saturated carbocycles. The van der Waals surface area contributed by atoms with Crippen LogP contribution in [-0.2, 0) is 14.3 Å². The molecule has 1 N–H and O–H groups in total. The molecule has 0 radical (unpaired) electrons. The van der Waals surface area contributed by atoms with Gasteiger partial charge in [-0.2, -0.15) is 0 Å². The maximum Gasteiger partial charge on any atom is 0.407 e. The Morgan fingerprint density at radius 1 is 1.33 bits per heavy atom. The number of carbonyl (C=O) groups is 2. The third kappa shape index (κ3) is 6.76. The molecule has 88 valence electrons. The van der Waals surface area contributed by atoms with Crippen molar-refractivity contribution in [2.45, 2.75) is 46.3 Å². The summed E-state index contributed by atoms with van der Waals surface area (Å²) in [5, 5.41) is 2.37. The molecule has 0 unspecified atom stereocenters. The summed E-state index contributed by atoms with van der Waals surface area (Å²) in [5.74, 6) is -0.476. The number of ether oxygens (including phenoxy) is 2.